The number of aryl methyl sites for hydroxylation is 2. The molecule has 1 aliphatic heterocycles. The molecule has 7 heteroatoms. The lowest BCUT2D eigenvalue weighted by molar-refractivity contribution is 0.401. The molecule has 0 aliphatic carbocycles. The first-order chi connectivity index (χ1) is 9.94. The van der Waals surface area contributed by atoms with Crippen LogP contribution in [0.4, 0.5) is 0 Å². The fraction of sp³-hybridized carbons (Fsp3) is 0.600. The normalized spacial score (nSPS) is 18.0. The number of hydrogen-bond donors (Lipinski definition) is 2. The monoisotopic (exact) mass is 348 g/mol. The average Bonchev–Trinajstić information content (AvgIpc) is 2.90. The predicted molar refractivity (Wildman–Crippen MR) is 90.5 cm³/mol. The highest BCUT2D eigenvalue weighted by Crippen LogP contribution is 2.28. The van der Waals surface area contributed by atoms with E-state index in [-0.39, 0.29) is 17.3 Å². The van der Waals surface area contributed by atoms with Crippen LogP contribution in [0.1, 0.15) is 24.0 Å². The van der Waals surface area contributed by atoms with Crippen molar-refractivity contribution in [2.75, 3.05) is 26.7 Å². The number of halogens is 1. The molecule has 22 heavy (non-hydrogen) atoms. The topological polar surface area (TPSA) is 67.4 Å². The zero-order valence-electron chi connectivity index (χ0n) is 13.3. The Bertz CT molecular complexity index is 599. The first-order valence-electron chi connectivity index (χ1n) is 7.29. The summed E-state index contributed by atoms with van der Waals surface area (Å²) in [4.78, 5) is 0.250. The van der Waals surface area contributed by atoms with Gasteiger partial charge in [0.05, 0.1) is 7.11 Å². The smallest absolute Gasteiger partial charge is 0.244 e. The molecule has 0 bridgehead atoms. The highest BCUT2D eigenvalue weighted by molar-refractivity contribution is 7.89. The summed E-state index contributed by atoms with van der Waals surface area (Å²) in [5, 5.41) is 3.29. The molecule has 0 aromatic heterocycles. The molecule has 1 unspecified atom stereocenters. The summed E-state index contributed by atoms with van der Waals surface area (Å²) in [7, 11) is -2.04. The van der Waals surface area contributed by atoms with Crippen molar-refractivity contribution in [3.05, 3.63) is 23.3 Å². The van der Waals surface area contributed by atoms with Crippen LogP contribution in [0.25, 0.3) is 0 Å². The number of nitrogens with one attached hydrogen (secondary N) is 2. The van der Waals surface area contributed by atoms with E-state index in [1.807, 2.05) is 13.0 Å². The maximum absolute atomic E-state index is 12.5. The van der Waals surface area contributed by atoms with E-state index in [9.17, 15) is 8.42 Å². The van der Waals surface area contributed by atoms with Gasteiger partial charge in [0, 0.05) is 6.54 Å². The number of rotatable bonds is 6. The molecule has 1 aromatic rings. The molecule has 0 spiro atoms. The predicted octanol–water partition coefficient (Wildman–Crippen LogP) is 2.01. The van der Waals surface area contributed by atoms with Crippen LogP contribution < -0.4 is 14.8 Å². The highest BCUT2D eigenvalue weighted by Gasteiger charge is 2.23. The minimum absolute atomic E-state index is 0. The minimum atomic E-state index is -3.54. The lowest BCUT2D eigenvalue weighted by Crippen LogP contribution is -2.27. The summed E-state index contributed by atoms with van der Waals surface area (Å²) < 4.78 is 33.0. The first-order valence-corrected chi connectivity index (χ1v) is 8.78. The molecule has 0 radical (unpaired) electrons. The van der Waals surface area contributed by atoms with Gasteiger partial charge in [-0.3, -0.25) is 0 Å². The molecule has 5 nitrogen and oxygen atoms in total. The third-order valence-electron chi connectivity index (χ3n) is 3.88. The molecule has 2 rings (SSSR count). The van der Waals surface area contributed by atoms with E-state index in [1.165, 1.54) is 7.11 Å². The van der Waals surface area contributed by atoms with Crippen molar-refractivity contribution in [1.82, 2.24) is 10.0 Å². The summed E-state index contributed by atoms with van der Waals surface area (Å²) in [5.41, 5.74) is 1.70. The van der Waals surface area contributed by atoms with Gasteiger partial charge in [-0.15, -0.1) is 12.4 Å². The second kappa shape index (κ2) is 8.15. The van der Waals surface area contributed by atoms with E-state index in [0.29, 0.717) is 23.8 Å². The zero-order valence-corrected chi connectivity index (χ0v) is 14.9. The lowest BCUT2D eigenvalue weighted by atomic mass is 10.1. The van der Waals surface area contributed by atoms with Gasteiger partial charge in [-0.25, -0.2) is 13.1 Å². The SMILES string of the molecule is COc1cc(C)cc(C)c1S(=O)(=O)NCCC1CCNC1.Cl. The van der Waals surface area contributed by atoms with Crippen molar-refractivity contribution < 1.29 is 13.2 Å². The van der Waals surface area contributed by atoms with E-state index >= 15 is 0 Å². The Morgan fingerprint density at radius 2 is 2.09 bits per heavy atom. The Kier molecular flexibility index (Phi) is 7.12. The van der Waals surface area contributed by atoms with Crippen LogP contribution in [0.5, 0.6) is 5.75 Å². The number of benzene rings is 1. The van der Waals surface area contributed by atoms with Crippen molar-refractivity contribution >= 4 is 22.4 Å². The Morgan fingerprint density at radius 1 is 1.36 bits per heavy atom. The first kappa shape index (κ1) is 19.2. The van der Waals surface area contributed by atoms with Gasteiger partial charge in [0.25, 0.3) is 0 Å². The third-order valence-corrected chi connectivity index (χ3v) is 5.53. The summed E-state index contributed by atoms with van der Waals surface area (Å²) in [6.45, 7) is 6.19. The van der Waals surface area contributed by atoms with Crippen LogP contribution in [-0.2, 0) is 10.0 Å². The Hall–Kier alpha value is -0.820. The summed E-state index contributed by atoms with van der Waals surface area (Å²) in [6, 6.07) is 3.61. The van der Waals surface area contributed by atoms with E-state index < -0.39 is 10.0 Å². The van der Waals surface area contributed by atoms with Crippen molar-refractivity contribution in [2.24, 2.45) is 5.92 Å². The number of sulfonamides is 1. The quantitative estimate of drug-likeness (QED) is 0.825. The van der Waals surface area contributed by atoms with Crippen molar-refractivity contribution in [3.8, 4) is 5.75 Å². The van der Waals surface area contributed by atoms with Crippen LogP contribution in [0, 0.1) is 19.8 Å². The fourth-order valence-corrected chi connectivity index (χ4v) is 4.26. The van der Waals surface area contributed by atoms with Gasteiger partial charge < -0.3 is 10.1 Å². The van der Waals surface area contributed by atoms with Gasteiger partial charge in [0.15, 0.2) is 0 Å². The van der Waals surface area contributed by atoms with Crippen LogP contribution in [-0.4, -0.2) is 35.2 Å². The number of methoxy groups -OCH3 is 1. The Morgan fingerprint density at radius 3 is 2.68 bits per heavy atom. The Labute approximate surface area is 139 Å². The fourth-order valence-electron chi connectivity index (χ4n) is 2.84. The molecular weight excluding hydrogens is 324 g/mol. The molecule has 126 valence electrons. The summed E-state index contributed by atoms with van der Waals surface area (Å²) in [5.74, 6) is 0.969. The van der Waals surface area contributed by atoms with E-state index in [0.717, 1.165) is 31.5 Å². The molecular formula is C15H25ClN2O3S. The molecule has 1 aromatic carbocycles. The van der Waals surface area contributed by atoms with Gasteiger partial charge in [-0.05, 0) is 62.9 Å². The van der Waals surface area contributed by atoms with Crippen LogP contribution in [0.2, 0.25) is 0 Å². The molecule has 1 atom stereocenters. The lowest BCUT2D eigenvalue weighted by Gasteiger charge is -2.15. The van der Waals surface area contributed by atoms with Gasteiger partial charge in [-0.2, -0.15) is 0 Å². The largest absolute Gasteiger partial charge is 0.495 e. The second-order valence-electron chi connectivity index (χ2n) is 5.66. The number of ether oxygens (including phenoxy) is 1. The third kappa shape index (κ3) is 4.59. The van der Waals surface area contributed by atoms with Crippen LogP contribution in [0.15, 0.2) is 17.0 Å². The maximum atomic E-state index is 12.5. The van der Waals surface area contributed by atoms with Gasteiger partial charge in [0.1, 0.15) is 10.6 Å². The molecule has 1 fully saturated rings. The van der Waals surface area contributed by atoms with E-state index in [1.54, 1.807) is 13.0 Å². The summed E-state index contributed by atoms with van der Waals surface area (Å²) in [6.07, 6.45) is 1.98. The maximum Gasteiger partial charge on any atom is 0.244 e. The van der Waals surface area contributed by atoms with E-state index in [4.69, 9.17) is 4.74 Å². The van der Waals surface area contributed by atoms with Crippen molar-refractivity contribution in [3.63, 3.8) is 0 Å². The van der Waals surface area contributed by atoms with Gasteiger partial charge in [0.2, 0.25) is 10.0 Å². The average molecular weight is 349 g/mol. The second-order valence-corrected chi connectivity index (χ2v) is 7.36. The standard InChI is InChI=1S/C15H24N2O3S.ClH/c1-11-8-12(2)15(14(9-11)20-3)21(18,19)17-7-5-13-4-6-16-10-13;/h8-9,13,16-17H,4-7,10H2,1-3H3;1H. The number of hydrogen-bond acceptors (Lipinski definition) is 4. The zero-order chi connectivity index (χ0) is 15.5. The summed E-state index contributed by atoms with van der Waals surface area (Å²) >= 11 is 0. The molecule has 0 amide bonds. The van der Waals surface area contributed by atoms with Gasteiger partial charge in [-0.1, -0.05) is 6.07 Å². The molecule has 1 heterocycles. The highest BCUT2D eigenvalue weighted by atomic mass is 35.5. The van der Waals surface area contributed by atoms with E-state index in [2.05, 4.69) is 10.0 Å². The minimum Gasteiger partial charge on any atom is -0.495 e. The molecule has 2 N–H and O–H groups in total. The van der Waals surface area contributed by atoms with Crippen molar-refractivity contribution in [1.29, 1.82) is 0 Å². The Balaban J connectivity index is 0.00000242. The van der Waals surface area contributed by atoms with Crippen LogP contribution in [0.3, 0.4) is 0 Å². The van der Waals surface area contributed by atoms with Crippen LogP contribution >= 0.6 is 12.4 Å². The molecule has 1 aliphatic rings. The molecule has 0 saturated carbocycles. The van der Waals surface area contributed by atoms with Gasteiger partial charge >= 0.3 is 0 Å². The van der Waals surface area contributed by atoms with Crippen molar-refractivity contribution in [2.45, 2.75) is 31.6 Å². The molecule has 1 saturated heterocycles.